The van der Waals surface area contributed by atoms with Gasteiger partial charge < -0.3 is 9.88 Å². The summed E-state index contributed by atoms with van der Waals surface area (Å²) in [6.45, 7) is 1.25. The topological polar surface area (TPSA) is 77.6 Å². The normalized spacial score (nSPS) is 11.0. The van der Waals surface area contributed by atoms with Crippen molar-refractivity contribution in [2.24, 2.45) is 0 Å². The smallest absolute Gasteiger partial charge is 0.251 e. The van der Waals surface area contributed by atoms with Crippen LogP contribution in [-0.4, -0.2) is 37.2 Å². The molecule has 4 rings (SSSR count). The van der Waals surface area contributed by atoms with Crippen molar-refractivity contribution in [3.63, 3.8) is 0 Å². The van der Waals surface area contributed by atoms with Crippen LogP contribution in [0.15, 0.2) is 65.5 Å². The summed E-state index contributed by atoms with van der Waals surface area (Å²) in [7, 11) is 0. The summed E-state index contributed by atoms with van der Waals surface area (Å²) in [4.78, 5) is 12.3. The van der Waals surface area contributed by atoms with Crippen molar-refractivity contribution >= 4 is 32.7 Å². The highest BCUT2D eigenvalue weighted by Crippen LogP contribution is 2.20. The van der Waals surface area contributed by atoms with Gasteiger partial charge in [-0.1, -0.05) is 22.0 Å². The standard InChI is InChI=1S/C18H15BrN6O/c19-15-4-1-13-7-9-24(17(13)11-15)10-8-20-18(26)14-2-5-16(6-3-14)25-12-21-22-23-25/h1-7,9,11-12H,8,10H2,(H,20,26). The lowest BCUT2D eigenvalue weighted by molar-refractivity contribution is 0.0952. The van der Waals surface area contributed by atoms with E-state index in [0.29, 0.717) is 18.7 Å². The van der Waals surface area contributed by atoms with Crippen molar-refractivity contribution in [2.45, 2.75) is 6.54 Å². The molecular formula is C18H15BrN6O. The quantitative estimate of drug-likeness (QED) is 0.548. The Morgan fingerprint density at radius 1 is 1.12 bits per heavy atom. The number of tetrazole rings is 1. The minimum Gasteiger partial charge on any atom is -0.350 e. The van der Waals surface area contributed by atoms with Gasteiger partial charge >= 0.3 is 0 Å². The summed E-state index contributed by atoms with van der Waals surface area (Å²) in [5, 5.41) is 15.1. The van der Waals surface area contributed by atoms with Crippen LogP contribution >= 0.6 is 15.9 Å². The number of nitrogens with one attached hydrogen (secondary N) is 1. The van der Waals surface area contributed by atoms with Gasteiger partial charge in [0.15, 0.2) is 0 Å². The largest absolute Gasteiger partial charge is 0.350 e. The second-order valence-electron chi connectivity index (χ2n) is 5.77. The Balaban J connectivity index is 1.38. The number of carbonyl (C=O) groups excluding carboxylic acids is 1. The van der Waals surface area contributed by atoms with E-state index in [4.69, 9.17) is 0 Å². The number of fused-ring (bicyclic) bond motifs is 1. The molecule has 0 fully saturated rings. The van der Waals surface area contributed by atoms with Gasteiger partial charge in [0.25, 0.3) is 5.91 Å². The van der Waals surface area contributed by atoms with E-state index in [1.807, 2.05) is 24.4 Å². The monoisotopic (exact) mass is 410 g/mol. The zero-order valence-electron chi connectivity index (χ0n) is 13.7. The molecule has 0 aliphatic carbocycles. The fourth-order valence-electron chi connectivity index (χ4n) is 2.79. The van der Waals surface area contributed by atoms with Crippen molar-refractivity contribution in [2.75, 3.05) is 6.54 Å². The van der Waals surface area contributed by atoms with Gasteiger partial charge in [-0.2, -0.15) is 0 Å². The fraction of sp³-hybridized carbons (Fsp3) is 0.111. The molecule has 0 aliphatic heterocycles. The van der Waals surface area contributed by atoms with Crippen molar-refractivity contribution < 1.29 is 4.79 Å². The van der Waals surface area contributed by atoms with Crippen LogP contribution in [0.1, 0.15) is 10.4 Å². The van der Waals surface area contributed by atoms with Crippen molar-refractivity contribution in [1.29, 1.82) is 0 Å². The van der Waals surface area contributed by atoms with E-state index in [-0.39, 0.29) is 5.91 Å². The Hall–Kier alpha value is -3.00. The molecule has 2 aromatic heterocycles. The van der Waals surface area contributed by atoms with E-state index in [1.54, 1.807) is 12.1 Å². The van der Waals surface area contributed by atoms with Crippen LogP contribution < -0.4 is 5.32 Å². The maximum atomic E-state index is 12.3. The molecule has 0 saturated heterocycles. The first kappa shape index (κ1) is 16.5. The molecule has 0 atom stereocenters. The lowest BCUT2D eigenvalue weighted by Gasteiger charge is -2.08. The highest BCUT2D eigenvalue weighted by molar-refractivity contribution is 9.10. The Morgan fingerprint density at radius 2 is 1.96 bits per heavy atom. The first-order valence-corrected chi connectivity index (χ1v) is 8.86. The molecule has 1 N–H and O–H groups in total. The second kappa shape index (κ2) is 7.09. The summed E-state index contributed by atoms with van der Waals surface area (Å²) in [5.41, 5.74) is 2.54. The number of rotatable bonds is 5. The highest BCUT2D eigenvalue weighted by atomic mass is 79.9. The first-order valence-electron chi connectivity index (χ1n) is 8.07. The maximum absolute atomic E-state index is 12.3. The summed E-state index contributed by atoms with van der Waals surface area (Å²) in [5.74, 6) is -0.106. The van der Waals surface area contributed by atoms with E-state index in [0.717, 1.165) is 15.7 Å². The summed E-state index contributed by atoms with van der Waals surface area (Å²) in [6, 6.07) is 15.4. The zero-order chi connectivity index (χ0) is 17.9. The van der Waals surface area contributed by atoms with Gasteiger partial charge in [0.1, 0.15) is 6.33 Å². The molecule has 1 amide bonds. The molecule has 26 heavy (non-hydrogen) atoms. The number of amides is 1. The molecule has 0 saturated carbocycles. The number of halogens is 1. The molecule has 0 spiro atoms. The summed E-state index contributed by atoms with van der Waals surface area (Å²) < 4.78 is 4.70. The number of benzene rings is 2. The number of carbonyl (C=O) groups is 1. The van der Waals surface area contributed by atoms with Crippen molar-refractivity contribution in [1.82, 2.24) is 30.1 Å². The summed E-state index contributed by atoms with van der Waals surface area (Å²) in [6.07, 6.45) is 3.54. The Labute approximate surface area is 157 Å². The van der Waals surface area contributed by atoms with Crippen LogP contribution in [0.3, 0.4) is 0 Å². The molecule has 0 radical (unpaired) electrons. The molecular weight excluding hydrogens is 396 g/mol. The Bertz CT molecular complexity index is 1040. The van der Waals surface area contributed by atoms with E-state index in [1.165, 1.54) is 16.4 Å². The first-order chi connectivity index (χ1) is 12.7. The van der Waals surface area contributed by atoms with Gasteiger partial charge in [-0.3, -0.25) is 4.79 Å². The van der Waals surface area contributed by atoms with Crippen LogP contribution in [0.25, 0.3) is 16.6 Å². The molecule has 7 nitrogen and oxygen atoms in total. The lowest BCUT2D eigenvalue weighted by atomic mass is 10.2. The molecule has 2 heterocycles. The fourth-order valence-corrected chi connectivity index (χ4v) is 3.14. The summed E-state index contributed by atoms with van der Waals surface area (Å²) >= 11 is 3.50. The number of hydrogen-bond donors (Lipinski definition) is 1. The third kappa shape index (κ3) is 3.36. The Morgan fingerprint density at radius 3 is 2.73 bits per heavy atom. The van der Waals surface area contributed by atoms with Crippen LogP contribution in [0, 0.1) is 0 Å². The number of hydrogen-bond acceptors (Lipinski definition) is 4. The molecule has 0 bridgehead atoms. The molecule has 130 valence electrons. The average Bonchev–Trinajstić information content (AvgIpc) is 3.32. The maximum Gasteiger partial charge on any atom is 0.251 e. The van der Waals surface area contributed by atoms with Gasteiger partial charge in [-0.15, -0.1) is 5.10 Å². The van der Waals surface area contributed by atoms with E-state index in [9.17, 15) is 4.79 Å². The second-order valence-corrected chi connectivity index (χ2v) is 6.69. The van der Waals surface area contributed by atoms with Crippen molar-refractivity contribution in [3.05, 3.63) is 71.1 Å². The molecule has 0 aliphatic rings. The Kier molecular flexibility index (Phi) is 4.49. The molecule has 0 unspecified atom stereocenters. The third-order valence-electron chi connectivity index (χ3n) is 4.12. The van der Waals surface area contributed by atoms with Gasteiger partial charge in [0.2, 0.25) is 0 Å². The molecule has 8 heteroatoms. The molecule has 4 aromatic rings. The van der Waals surface area contributed by atoms with Gasteiger partial charge in [-0.25, -0.2) is 4.68 Å². The predicted molar refractivity (Wildman–Crippen MR) is 101 cm³/mol. The average molecular weight is 411 g/mol. The number of aromatic nitrogens is 5. The van der Waals surface area contributed by atoms with Gasteiger partial charge in [0.05, 0.1) is 5.69 Å². The third-order valence-corrected chi connectivity index (χ3v) is 4.61. The molecule has 2 aromatic carbocycles. The number of nitrogens with zero attached hydrogens (tertiary/aromatic N) is 5. The minimum atomic E-state index is -0.106. The van der Waals surface area contributed by atoms with Crippen LogP contribution in [0.5, 0.6) is 0 Å². The SMILES string of the molecule is O=C(NCCn1ccc2ccc(Br)cc21)c1ccc(-n2cnnn2)cc1. The van der Waals surface area contributed by atoms with Gasteiger partial charge in [-0.05, 0) is 58.3 Å². The van der Waals surface area contributed by atoms with Crippen LogP contribution in [0.4, 0.5) is 0 Å². The minimum absolute atomic E-state index is 0.106. The van der Waals surface area contributed by atoms with Crippen LogP contribution in [-0.2, 0) is 6.54 Å². The van der Waals surface area contributed by atoms with E-state index >= 15 is 0 Å². The zero-order valence-corrected chi connectivity index (χ0v) is 15.3. The van der Waals surface area contributed by atoms with Crippen molar-refractivity contribution in [3.8, 4) is 5.69 Å². The van der Waals surface area contributed by atoms with Crippen LogP contribution in [0.2, 0.25) is 0 Å². The van der Waals surface area contributed by atoms with E-state index in [2.05, 4.69) is 59.5 Å². The highest BCUT2D eigenvalue weighted by Gasteiger charge is 2.07. The predicted octanol–water partition coefficient (Wildman–Crippen LogP) is 2.81. The lowest BCUT2D eigenvalue weighted by Crippen LogP contribution is -2.27. The van der Waals surface area contributed by atoms with E-state index < -0.39 is 0 Å². The van der Waals surface area contributed by atoms with Gasteiger partial charge in [0, 0.05) is 34.8 Å².